The standard InChI is InChI=1S/C15H20N2O4/c1-21-11-6-7-13(12(8-11)14(18)19)17-15(20)16-9-10-4-2-3-5-10/h6-8,10H,2-5,9H2,1H3,(H,18,19)(H2,16,17,20). The van der Waals surface area contributed by atoms with E-state index in [0.29, 0.717) is 18.2 Å². The minimum absolute atomic E-state index is 0.00497. The molecule has 0 aromatic heterocycles. The maximum atomic E-state index is 11.9. The zero-order valence-corrected chi connectivity index (χ0v) is 12.0. The van der Waals surface area contributed by atoms with Crippen LogP contribution in [-0.2, 0) is 0 Å². The minimum atomic E-state index is -1.11. The first-order chi connectivity index (χ1) is 10.1. The molecule has 0 atom stereocenters. The molecule has 1 saturated carbocycles. The third kappa shape index (κ3) is 4.11. The molecule has 114 valence electrons. The second-order valence-electron chi connectivity index (χ2n) is 5.20. The summed E-state index contributed by atoms with van der Waals surface area (Å²) < 4.78 is 4.99. The monoisotopic (exact) mass is 292 g/mol. The Bertz CT molecular complexity index is 524. The third-order valence-corrected chi connectivity index (χ3v) is 3.73. The van der Waals surface area contributed by atoms with E-state index in [2.05, 4.69) is 10.6 Å². The van der Waals surface area contributed by atoms with Gasteiger partial charge < -0.3 is 20.5 Å². The van der Waals surface area contributed by atoms with E-state index >= 15 is 0 Å². The van der Waals surface area contributed by atoms with Crippen molar-refractivity contribution in [2.24, 2.45) is 5.92 Å². The van der Waals surface area contributed by atoms with Crippen molar-refractivity contribution in [2.45, 2.75) is 25.7 Å². The molecule has 1 aromatic rings. The molecular formula is C15H20N2O4. The fraction of sp³-hybridized carbons (Fsp3) is 0.467. The van der Waals surface area contributed by atoms with Crippen LogP contribution < -0.4 is 15.4 Å². The van der Waals surface area contributed by atoms with Crippen LogP contribution in [-0.4, -0.2) is 30.8 Å². The molecule has 0 unspecified atom stereocenters. The molecule has 1 fully saturated rings. The van der Waals surface area contributed by atoms with Crippen LogP contribution in [0.3, 0.4) is 0 Å². The Kier molecular flexibility index (Phi) is 5.03. The van der Waals surface area contributed by atoms with Gasteiger partial charge in [0.05, 0.1) is 18.4 Å². The van der Waals surface area contributed by atoms with Gasteiger partial charge in [0, 0.05) is 6.54 Å². The van der Waals surface area contributed by atoms with Crippen LogP contribution in [0, 0.1) is 5.92 Å². The van der Waals surface area contributed by atoms with E-state index in [1.165, 1.54) is 32.1 Å². The Hall–Kier alpha value is -2.24. The van der Waals surface area contributed by atoms with Crippen molar-refractivity contribution in [3.05, 3.63) is 23.8 Å². The number of carbonyl (C=O) groups is 2. The van der Waals surface area contributed by atoms with Crippen molar-refractivity contribution in [3.63, 3.8) is 0 Å². The summed E-state index contributed by atoms with van der Waals surface area (Å²) in [6.45, 7) is 0.629. The van der Waals surface area contributed by atoms with E-state index in [0.717, 1.165) is 12.8 Å². The van der Waals surface area contributed by atoms with Gasteiger partial charge in [-0.1, -0.05) is 12.8 Å². The third-order valence-electron chi connectivity index (χ3n) is 3.73. The minimum Gasteiger partial charge on any atom is -0.497 e. The molecule has 3 N–H and O–H groups in total. The lowest BCUT2D eigenvalue weighted by atomic mass is 10.1. The highest BCUT2D eigenvalue weighted by Gasteiger charge is 2.17. The Labute approximate surface area is 123 Å². The average Bonchev–Trinajstić information content (AvgIpc) is 2.98. The molecule has 6 heteroatoms. The van der Waals surface area contributed by atoms with Crippen LogP contribution in [0.15, 0.2) is 18.2 Å². The number of hydrogen-bond donors (Lipinski definition) is 3. The van der Waals surface area contributed by atoms with Crippen molar-refractivity contribution in [3.8, 4) is 5.75 Å². The van der Waals surface area contributed by atoms with E-state index in [1.807, 2.05) is 0 Å². The Balaban J connectivity index is 1.97. The first-order valence-electron chi connectivity index (χ1n) is 7.06. The van der Waals surface area contributed by atoms with Crippen LogP contribution in [0.4, 0.5) is 10.5 Å². The van der Waals surface area contributed by atoms with Crippen LogP contribution in [0.5, 0.6) is 5.75 Å². The number of anilines is 1. The van der Waals surface area contributed by atoms with Gasteiger partial charge in [-0.3, -0.25) is 0 Å². The first-order valence-corrected chi connectivity index (χ1v) is 7.06. The summed E-state index contributed by atoms with van der Waals surface area (Å²) in [5.74, 6) is -0.144. The quantitative estimate of drug-likeness (QED) is 0.778. The number of ether oxygens (including phenoxy) is 1. The van der Waals surface area contributed by atoms with Gasteiger partial charge in [0.1, 0.15) is 5.75 Å². The van der Waals surface area contributed by atoms with E-state index in [9.17, 15) is 14.7 Å². The lowest BCUT2D eigenvalue weighted by Gasteiger charge is -2.13. The van der Waals surface area contributed by atoms with Gasteiger partial charge in [0.25, 0.3) is 0 Å². The Morgan fingerprint density at radius 2 is 2.05 bits per heavy atom. The zero-order chi connectivity index (χ0) is 15.2. The van der Waals surface area contributed by atoms with Crippen molar-refractivity contribution < 1.29 is 19.4 Å². The topological polar surface area (TPSA) is 87.7 Å². The number of carbonyl (C=O) groups excluding carboxylic acids is 1. The Morgan fingerprint density at radius 3 is 2.67 bits per heavy atom. The normalized spacial score (nSPS) is 14.7. The van der Waals surface area contributed by atoms with E-state index in [1.54, 1.807) is 6.07 Å². The zero-order valence-electron chi connectivity index (χ0n) is 12.0. The molecule has 0 saturated heterocycles. The number of aromatic carboxylic acids is 1. The molecule has 6 nitrogen and oxygen atoms in total. The summed E-state index contributed by atoms with van der Waals surface area (Å²) >= 11 is 0. The summed E-state index contributed by atoms with van der Waals surface area (Å²) in [7, 11) is 1.46. The van der Waals surface area contributed by atoms with Gasteiger partial charge >= 0.3 is 12.0 Å². The summed E-state index contributed by atoms with van der Waals surface area (Å²) in [5.41, 5.74) is 0.262. The van der Waals surface area contributed by atoms with Gasteiger partial charge in [-0.2, -0.15) is 0 Å². The fourth-order valence-electron chi connectivity index (χ4n) is 2.55. The number of nitrogens with one attached hydrogen (secondary N) is 2. The SMILES string of the molecule is COc1ccc(NC(=O)NCC2CCCC2)c(C(=O)O)c1. The average molecular weight is 292 g/mol. The molecular weight excluding hydrogens is 272 g/mol. The lowest BCUT2D eigenvalue weighted by Crippen LogP contribution is -2.32. The number of rotatable bonds is 5. The molecule has 1 aliphatic carbocycles. The van der Waals surface area contributed by atoms with Crippen molar-refractivity contribution >= 4 is 17.7 Å². The molecule has 2 rings (SSSR count). The van der Waals surface area contributed by atoms with E-state index < -0.39 is 5.97 Å². The van der Waals surface area contributed by atoms with Gasteiger partial charge in [0.2, 0.25) is 0 Å². The maximum Gasteiger partial charge on any atom is 0.337 e. The smallest absolute Gasteiger partial charge is 0.337 e. The lowest BCUT2D eigenvalue weighted by molar-refractivity contribution is 0.0697. The van der Waals surface area contributed by atoms with Crippen LogP contribution >= 0.6 is 0 Å². The van der Waals surface area contributed by atoms with Crippen LogP contribution in [0.2, 0.25) is 0 Å². The number of benzene rings is 1. The van der Waals surface area contributed by atoms with Crippen molar-refractivity contribution in [1.29, 1.82) is 0 Å². The molecule has 1 aliphatic rings. The second kappa shape index (κ2) is 6.97. The highest BCUT2D eigenvalue weighted by atomic mass is 16.5. The second-order valence-corrected chi connectivity index (χ2v) is 5.20. The molecule has 0 bridgehead atoms. The largest absolute Gasteiger partial charge is 0.497 e. The molecule has 1 aromatic carbocycles. The summed E-state index contributed by atoms with van der Waals surface area (Å²) in [6.07, 6.45) is 4.72. The first kappa shape index (κ1) is 15.2. The van der Waals surface area contributed by atoms with Gasteiger partial charge in [-0.25, -0.2) is 9.59 Å². The van der Waals surface area contributed by atoms with Gasteiger partial charge in [0.15, 0.2) is 0 Å². The van der Waals surface area contributed by atoms with Crippen molar-refractivity contribution in [1.82, 2.24) is 5.32 Å². The molecule has 0 heterocycles. The highest BCUT2D eigenvalue weighted by Crippen LogP contribution is 2.24. The number of carboxylic acids is 1. The summed E-state index contributed by atoms with van der Waals surface area (Å²) in [5, 5.41) is 14.5. The fourth-order valence-corrected chi connectivity index (χ4v) is 2.55. The van der Waals surface area contributed by atoms with Gasteiger partial charge in [-0.15, -0.1) is 0 Å². The number of carboxylic acid groups (broad SMARTS) is 1. The summed E-state index contributed by atoms with van der Waals surface area (Å²) in [6, 6.07) is 4.14. The predicted octanol–water partition coefficient (Wildman–Crippen LogP) is 2.71. The number of urea groups is 1. The predicted molar refractivity (Wildman–Crippen MR) is 78.9 cm³/mol. The van der Waals surface area contributed by atoms with Crippen molar-refractivity contribution in [2.75, 3.05) is 19.0 Å². The maximum absolute atomic E-state index is 11.9. The number of methoxy groups -OCH3 is 1. The van der Waals surface area contributed by atoms with Gasteiger partial charge in [-0.05, 0) is 37.0 Å². The molecule has 21 heavy (non-hydrogen) atoms. The van der Waals surface area contributed by atoms with E-state index in [-0.39, 0.29) is 17.3 Å². The molecule has 0 spiro atoms. The summed E-state index contributed by atoms with van der Waals surface area (Å²) in [4.78, 5) is 23.1. The molecule has 0 radical (unpaired) electrons. The van der Waals surface area contributed by atoms with Crippen LogP contribution in [0.25, 0.3) is 0 Å². The van der Waals surface area contributed by atoms with E-state index in [4.69, 9.17) is 4.74 Å². The highest BCUT2D eigenvalue weighted by molar-refractivity contribution is 6.00. The Morgan fingerprint density at radius 1 is 1.33 bits per heavy atom. The van der Waals surface area contributed by atoms with Crippen LogP contribution in [0.1, 0.15) is 36.0 Å². The molecule has 2 amide bonds. The number of amides is 2. The molecule has 0 aliphatic heterocycles. The number of hydrogen-bond acceptors (Lipinski definition) is 3.